The number of nitrogen functional groups attached to an aromatic ring is 1. The van der Waals surface area contributed by atoms with Gasteiger partial charge in [0.2, 0.25) is 0 Å². The van der Waals surface area contributed by atoms with E-state index in [1.807, 2.05) is 13.1 Å². The van der Waals surface area contributed by atoms with Gasteiger partial charge in [-0.05, 0) is 45.6 Å². The number of hydrogen-bond acceptors (Lipinski definition) is 6. The third-order valence-electron chi connectivity index (χ3n) is 2.98. The van der Waals surface area contributed by atoms with Gasteiger partial charge in [0.15, 0.2) is 0 Å². The molecular weight excluding hydrogens is 356 g/mol. The Labute approximate surface area is 134 Å². The summed E-state index contributed by atoms with van der Waals surface area (Å²) in [6.45, 7) is 1.32. The number of nitrogens with zero attached hydrogens (tertiary/aromatic N) is 2. The van der Waals surface area contributed by atoms with E-state index in [0.717, 1.165) is 15.9 Å². The first-order valence-corrected chi connectivity index (χ1v) is 7.83. The van der Waals surface area contributed by atoms with Gasteiger partial charge < -0.3 is 5.43 Å². The smallest absolute Gasteiger partial charge is 0.293 e. The highest BCUT2D eigenvalue weighted by Gasteiger charge is 2.17. The number of nitrogens with two attached hydrogens (primary N) is 1. The summed E-state index contributed by atoms with van der Waals surface area (Å²) < 4.78 is 1.09. The number of nitro benzene ring substituents is 1. The maximum atomic E-state index is 11.0. The van der Waals surface area contributed by atoms with Gasteiger partial charge in [0.25, 0.3) is 5.69 Å². The predicted octanol–water partition coefficient (Wildman–Crippen LogP) is 3.34. The molecule has 0 atom stereocenters. The first kappa shape index (κ1) is 15.9. The van der Waals surface area contributed by atoms with E-state index >= 15 is 0 Å². The fourth-order valence-electron chi connectivity index (χ4n) is 2.12. The fraction of sp³-hybridized carbons (Fsp3) is 0.231. The van der Waals surface area contributed by atoms with Gasteiger partial charge in [-0.1, -0.05) is 12.1 Å². The SMILES string of the molecule is CN(Cc1csc(Br)c1)Cc1cccc([N+](=O)[O-])c1NN. The Bertz CT molecular complexity index is 647. The molecule has 21 heavy (non-hydrogen) atoms. The van der Waals surface area contributed by atoms with E-state index in [-0.39, 0.29) is 5.69 Å². The summed E-state index contributed by atoms with van der Waals surface area (Å²) in [6.07, 6.45) is 0. The highest BCUT2D eigenvalue weighted by atomic mass is 79.9. The van der Waals surface area contributed by atoms with Crippen LogP contribution in [0.3, 0.4) is 0 Å². The van der Waals surface area contributed by atoms with Crippen molar-refractivity contribution in [3.05, 3.63) is 54.7 Å². The van der Waals surface area contributed by atoms with E-state index in [1.54, 1.807) is 17.4 Å². The largest absolute Gasteiger partial charge is 0.318 e. The first-order chi connectivity index (χ1) is 10.0. The standard InChI is InChI=1S/C13H15BrN4O2S/c1-17(6-9-5-12(14)21-8-9)7-10-3-2-4-11(18(19)20)13(10)16-15/h2-5,8,16H,6-7,15H2,1H3. The van der Waals surface area contributed by atoms with Crippen molar-refractivity contribution in [1.29, 1.82) is 0 Å². The Morgan fingerprint density at radius 3 is 2.81 bits per heavy atom. The number of benzene rings is 1. The molecule has 2 rings (SSSR count). The zero-order chi connectivity index (χ0) is 15.4. The van der Waals surface area contributed by atoms with Crippen LogP contribution >= 0.6 is 27.3 Å². The summed E-state index contributed by atoms with van der Waals surface area (Å²) in [5.41, 5.74) is 4.79. The molecule has 0 aliphatic rings. The van der Waals surface area contributed by atoms with E-state index in [2.05, 4.69) is 37.7 Å². The topological polar surface area (TPSA) is 84.4 Å². The summed E-state index contributed by atoms with van der Waals surface area (Å²) in [5.74, 6) is 5.44. The molecule has 0 amide bonds. The summed E-state index contributed by atoms with van der Waals surface area (Å²) in [6, 6.07) is 7.01. The van der Waals surface area contributed by atoms with Crippen molar-refractivity contribution in [2.24, 2.45) is 5.84 Å². The maximum Gasteiger partial charge on any atom is 0.293 e. The van der Waals surface area contributed by atoms with Gasteiger partial charge in [-0.3, -0.25) is 20.9 Å². The molecule has 8 heteroatoms. The Balaban J connectivity index is 2.15. The van der Waals surface area contributed by atoms with Crippen molar-refractivity contribution in [3.63, 3.8) is 0 Å². The highest BCUT2D eigenvalue weighted by Crippen LogP contribution is 2.28. The minimum Gasteiger partial charge on any atom is -0.318 e. The van der Waals surface area contributed by atoms with Gasteiger partial charge in [0, 0.05) is 19.2 Å². The Morgan fingerprint density at radius 1 is 1.48 bits per heavy atom. The van der Waals surface area contributed by atoms with E-state index in [0.29, 0.717) is 12.2 Å². The number of anilines is 1. The minimum absolute atomic E-state index is 0.0123. The second-order valence-electron chi connectivity index (χ2n) is 4.64. The lowest BCUT2D eigenvalue weighted by atomic mass is 10.1. The molecule has 0 spiro atoms. The zero-order valence-corrected chi connectivity index (χ0v) is 13.8. The van der Waals surface area contributed by atoms with Crippen molar-refractivity contribution >= 4 is 38.6 Å². The van der Waals surface area contributed by atoms with Crippen LogP contribution in [-0.4, -0.2) is 16.9 Å². The van der Waals surface area contributed by atoms with Crippen molar-refractivity contribution in [2.75, 3.05) is 12.5 Å². The number of nitrogens with one attached hydrogen (secondary N) is 1. The van der Waals surface area contributed by atoms with E-state index in [9.17, 15) is 10.1 Å². The number of thiophene rings is 1. The van der Waals surface area contributed by atoms with Crippen molar-refractivity contribution in [3.8, 4) is 0 Å². The minimum atomic E-state index is -0.436. The van der Waals surface area contributed by atoms with E-state index < -0.39 is 4.92 Å². The summed E-state index contributed by atoms with van der Waals surface area (Å²) in [7, 11) is 1.96. The molecule has 2 aromatic rings. The number of para-hydroxylation sites is 1. The second kappa shape index (κ2) is 6.99. The Morgan fingerprint density at radius 2 is 2.24 bits per heavy atom. The lowest BCUT2D eigenvalue weighted by Gasteiger charge is -2.18. The van der Waals surface area contributed by atoms with E-state index in [4.69, 9.17) is 5.84 Å². The zero-order valence-electron chi connectivity index (χ0n) is 11.4. The molecule has 1 heterocycles. The number of rotatable bonds is 6. The molecule has 3 N–H and O–H groups in total. The van der Waals surface area contributed by atoms with E-state index in [1.165, 1.54) is 11.6 Å². The first-order valence-electron chi connectivity index (χ1n) is 6.15. The monoisotopic (exact) mass is 370 g/mol. The fourth-order valence-corrected chi connectivity index (χ4v) is 3.32. The van der Waals surface area contributed by atoms with Crippen molar-refractivity contribution in [2.45, 2.75) is 13.1 Å². The Hall–Kier alpha value is -1.48. The quantitative estimate of drug-likeness (QED) is 0.462. The molecule has 112 valence electrons. The molecule has 6 nitrogen and oxygen atoms in total. The average molecular weight is 371 g/mol. The molecule has 1 aromatic carbocycles. The van der Waals surface area contributed by atoms with Gasteiger partial charge in [-0.15, -0.1) is 11.3 Å². The van der Waals surface area contributed by atoms with Gasteiger partial charge in [0.1, 0.15) is 5.69 Å². The molecule has 0 fully saturated rings. The highest BCUT2D eigenvalue weighted by molar-refractivity contribution is 9.11. The number of hydrazine groups is 1. The summed E-state index contributed by atoms with van der Waals surface area (Å²) in [4.78, 5) is 12.6. The second-order valence-corrected chi connectivity index (χ2v) is 6.93. The molecule has 0 unspecified atom stereocenters. The number of nitro groups is 1. The molecule has 0 aliphatic heterocycles. The predicted molar refractivity (Wildman–Crippen MR) is 88.1 cm³/mol. The van der Waals surface area contributed by atoms with Crippen LogP contribution in [0.4, 0.5) is 11.4 Å². The number of halogens is 1. The molecule has 0 aliphatic carbocycles. The molecule has 0 radical (unpaired) electrons. The average Bonchev–Trinajstić information content (AvgIpc) is 2.83. The lowest BCUT2D eigenvalue weighted by molar-refractivity contribution is -0.384. The summed E-state index contributed by atoms with van der Waals surface area (Å²) >= 11 is 5.07. The molecular formula is C13H15BrN4O2S. The van der Waals surface area contributed by atoms with Crippen molar-refractivity contribution < 1.29 is 4.92 Å². The third kappa shape index (κ3) is 4.01. The molecule has 0 saturated carbocycles. The van der Waals surface area contributed by atoms with Crippen LogP contribution in [0.15, 0.2) is 33.4 Å². The normalized spacial score (nSPS) is 10.9. The van der Waals surface area contributed by atoms with Crippen LogP contribution in [0.5, 0.6) is 0 Å². The Kier molecular flexibility index (Phi) is 5.29. The summed E-state index contributed by atoms with van der Waals surface area (Å²) in [5, 5.41) is 13.1. The maximum absolute atomic E-state index is 11.0. The van der Waals surface area contributed by atoms with Gasteiger partial charge in [0.05, 0.1) is 8.71 Å². The van der Waals surface area contributed by atoms with Crippen LogP contribution in [-0.2, 0) is 13.1 Å². The van der Waals surface area contributed by atoms with Crippen LogP contribution in [0.2, 0.25) is 0 Å². The van der Waals surface area contributed by atoms with Gasteiger partial charge >= 0.3 is 0 Å². The van der Waals surface area contributed by atoms with Crippen LogP contribution in [0.1, 0.15) is 11.1 Å². The van der Waals surface area contributed by atoms with Crippen LogP contribution < -0.4 is 11.3 Å². The third-order valence-corrected chi connectivity index (χ3v) is 4.54. The molecule has 0 bridgehead atoms. The van der Waals surface area contributed by atoms with Crippen molar-refractivity contribution in [1.82, 2.24) is 4.90 Å². The number of hydrogen-bond donors (Lipinski definition) is 2. The molecule has 0 saturated heterocycles. The van der Waals surface area contributed by atoms with Gasteiger partial charge in [-0.25, -0.2) is 0 Å². The van der Waals surface area contributed by atoms with Crippen LogP contribution in [0, 0.1) is 10.1 Å². The lowest BCUT2D eigenvalue weighted by Crippen LogP contribution is -2.19. The van der Waals surface area contributed by atoms with Crippen LogP contribution in [0.25, 0.3) is 0 Å². The van der Waals surface area contributed by atoms with Gasteiger partial charge in [-0.2, -0.15) is 0 Å². The molecule has 1 aromatic heterocycles.